The molecule has 0 spiro atoms. The summed E-state index contributed by atoms with van der Waals surface area (Å²) >= 11 is 0. The molecule has 2 heteroatoms. The van der Waals surface area contributed by atoms with Crippen LogP contribution in [0.15, 0.2) is 41.5 Å². The zero-order valence-corrected chi connectivity index (χ0v) is 12.3. The van der Waals surface area contributed by atoms with Gasteiger partial charge >= 0.3 is 0 Å². The monoisotopic (exact) mass is 269 g/mol. The van der Waals surface area contributed by atoms with Crippen LogP contribution in [0.3, 0.4) is 0 Å². The lowest BCUT2D eigenvalue weighted by Crippen LogP contribution is -2.39. The van der Waals surface area contributed by atoms with Gasteiger partial charge in [-0.25, -0.2) is 0 Å². The number of hydrogen-bond donors (Lipinski definition) is 0. The summed E-state index contributed by atoms with van der Waals surface area (Å²) in [7, 11) is 0. The number of allylic oxidation sites excluding steroid dienone is 1. The van der Waals surface area contributed by atoms with Crippen molar-refractivity contribution >= 4 is 5.91 Å². The Morgan fingerprint density at radius 1 is 1.05 bits per heavy atom. The Balaban J connectivity index is 1.67. The van der Waals surface area contributed by atoms with E-state index in [1.54, 1.807) is 11.1 Å². The van der Waals surface area contributed by atoms with E-state index in [9.17, 15) is 4.79 Å². The lowest BCUT2D eigenvalue weighted by Gasteiger charge is -2.31. The van der Waals surface area contributed by atoms with Gasteiger partial charge in [0, 0.05) is 13.1 Å². The van der Waals surface area contributed by atoms with E-state index in [0.717, 1.165) is 37.9 Å². The Bertz CT molecular complexity index is 501. The Morgan fingerprint density at radius 2 is 1.65 bits per heavy atom. The van der Waals surface area contributed by atoms with Gasteiger partial charge in [-0.15, -0.1) is 0 Å². The zero-order chi connectivity index (χ0) is 13.9. The fraction of sp³-hybridized carbons (Fsp3) is 0.500. The van der Waals surface area contributed by atoms with Crippen LogP contribution in [0.2, 0.25) is 0 Å². The zero-order valence-electron chi connectivity index (χ0n) is 12.3. The van der Waals surface area contributed by atoms with E-state index in [1.807, 2.05) is 18.2 Å². The maximum Gasteiger partial charge on any atom is 0.230 e. The van der Waals surface area contributed by atoms with Crippen LogP contribution in [0.4, 0.5) is 0 Å². The molecule has 0 radical (unpaired) electrons. The minimum absolute atomic E-state index is 0.0336. The van der Waals surface area contributed by atoms with E-state index in [-0.39, 0.29) is 5.92 Å². The van der Waals surface area contributed by atoms with Gasteiger partial charge in [0.2, 0.25) is 5.91 Å². The van der Waals surface area contributed by atoms with Crippen LogP contribution in [-0.4, -0.2) is 23.9 Å². The predicted molar refractivity (Wildman–Crippen MR) is 81.5 cm³/mol. The molecule has 0 aromatic heterocycles. The average Bonchev–Trinajstić information content (AvgIpc) is 3.34. The molecule has 1 saturated carbocycles. The second-order valence-corrected chi connectivity index (χ2v) is 5.90. The predicted octanol–water partition coefficient (Wildman–Crippen LogP) is 3.89. The molecule has 3 rings (SSSR count). The molecule has 106 valence electrons. The Kier molecular flexibility index (Phi) is 3.90. The Hall–Kier alpha value is -1.57. The third-order valence-corrected chi connectivity index (χ3v) is 4.59. The van der Waals surface area contributed by atoms with Crippen LogP contribution in [0.25, 0.3) is 0 Å². The SMILES string of the molecule is CC[C@H](C(=O)N1CCC(=C2CC2)CC1)c1ccccc1. The molecule has 1 aromatic rings. The molecule has 2 aliphatic rings. The topological polar surface area (TPSA) is 20.3 Å². The van der Waals surface area contributed by atoms with Crippen LogP contribution >= 0.6 is 0 Å². The molecule has 0 N–H and O–H groups in total. The van der Waals surface area contributed by atoms with E-state index in [0.29, 0.717) is 5.91 Å². The van der Waals surface area contributed by atoms with E-state index in [4.69, 9.17) is 0 Å². The summed E-state index contributed by atoms with van der Waals surface area (Å²) in [6.07, 6.45) is 5.71. The number of carbonyl (C=O) groups is 1. The van der Waals surface area contributed by atoms with Gasteiger partial charge in [-0.2, -0.15) is 0 Å². The number of piperidine rings is 1. The smallest absolute Gasteiger partial charge is 0.230 e. The van der Waals surface area contributed by atoms with Crippen LogP contribution < -0.4 is 0 Å². The molecule has 1 saturated heterocycles. The lowest BCUT2D eigenvalue weighted by molar-refractivity contribution is -0.133. The summed E-state index contributed by atoms with van der Waals surface area (Å²) in [4.78, 5) is 14.8. The van der Waals surface area contributed by atoms with E-state index >= 15 is 0 Å². The van der Waals surface area contributed by atoms with Gasteiger partial charge in [0.25, 0.3) is 0 Å². The van der Waals surface area contributed by atoms with Crippen LogP contribution in [0.1, 0.15) is 50.5 Å². The van der Waals surface area contributed by atoms with Crippen molar-refractivity contribution in [2.24, 2.45) is 0 Å². The number of benzene rings is 1. The molecule has 1 heterocycles. The molecular formula is C18H23NO. The summed E-state index contributed by atoms with van der Waals surface area (Å²) in [5, 5.41) is 0. The highest BCUT2D eigenvalue weighted by molar-refractivity contribution is 5.83. The summed E-state index contributed by atoms with van der Waals surface area (Å²) in [6, 6.07) is 10.2. The van der Waals surface area contributed by atoms with Gasteiger partial charge in [0.1, 0.15) is 0 Å². The molecule has 1 amide bonds. The quantitative estimate of drug-likeness (QED) is 0.762. The van der Waals surface area contributed by atoms with Gasteiger partial charge in [-0.05, 0) is 37.7 Å². The highest BCUT2D eigenvalue weighted by atomic mass is 16.2. The molecule has 0 bridgehead atoms. The standard InChI is InChI=1S/C18H23NO/c1-2-17(16-6-4-3-5-7-16)18(20)19-12-10-15(11-13-19)14-8-9-14/h3-7,17H,2,8-13H2,1H3/t17-/m0/s1. The Labute approximate surface area is 121 Å². The number of carbonyl (C=O) groups excluding carboxylic acids is 1. The fourth-order valence-electron chi connectivity index (χ4n) is 3.23. The third-order valence-electron chi connectivity index (χ3n) is 4.59. The van der Waals surface area contributed by atoms with Crippen molar-refractivity contribution in [3.63, 3.8) is 0 Å². The van der Waals surface area contributed by atoms with Crippen molar-refractivity contribution in [1.29, 1.82) is 0 Å². The van der Waals surface area contributed by atoms with Crippen LogP contribution in [-0.2, 0) is 4.79 Å². The number of rotatable bonds is 3. The number of amides is 1. The molecule has 1 aromatic carbocycles. The maximum absolute atomic E-state index is 12.7. The van der Waals surface area contributed by atoms with Gasteiger partial charge in [0.05, 0.1) is 5.92 Å². The highest BCUT2D eigenvalue weighted by Gasteiger charge is 2.28. The minimum Gasteiger partial charge on any atom is -0.342 e. The first-order chi connectivity index (χ1) is 9.79. The first kappa shape index (κ1) is 13.4. The lowest BCUT2D eigenvalue weighted by atomic mass is 9.93. The third kappa shape index (κ3) is 2.79. The van der Waals surface area contributed by atoms with Crippen molar-refractivity contribution in [3.8, 4) is 0 Å². The van der Waals surface area contributed by atoms with Gasteiger partial charge in [-0.1, -0.05) is 48.4 Å². The first-order valence-electron chi connectivity index (χ1n) is 7.83. The molecule has 20 heavy (non-hydrogen) atoms. The molecule has 1 atom stereocenters. The first-order valence-corrected chi connectivity index (χ1v) is 7.83. The molecule has 2 nitrogen and oxygen atoms in total. The second kappa shape index (κ2) is 5.82. The van der Waals surface area contributed by atoms with Gasteiger partial charge in [0.15, 0.2) is 0 Å². The van der Waals surface area contributed by atoms with E-state index in [1.165, 1.54) is 12.8 Å². The summed E-state index contributed by atoms with van der Waals surface area (Å²) in [6.45, 7) is 3.94. The molecule has 1 aliphatic carbocycles. The van der Waals surface area contributed by atoms with Crippen molar-refractivity contribution in [2.75, 3.05) is 13.1 Å². The summed E-state index contributed by atoms with van der Waals surface area (Å²) in [5.41, 5.74) is 4.47. The van der Waals surface area contributed by atoms with Crippen molar-refractivity contribution in [3.05, 3.63) is 47.0 Å². The minimum atomic E-state index is 0.0336. The van der Waals surface area contributed by atoms with Gasteiger partial charge < -0.3 is 4.90 Å². The van der Waals surface area contributed by atoms with Crippen molar-refractivity contribution in [2.45, 2.75) is 44.9 Å². The van der Waals surface area contributed by atoms with Crippen molar-refractivity contribution < 1.29 is 4.79 Å². The number of nitrogens with zero attached hydrogens (tertiary/aromatic N) is 1. The van der Waals surface area contributed by atoms with E-state index in [2.05, 4.69) is 24.0 Å². The maximum atomic E-state index is 12.7. The largest absolute Gasteiger partial charge is 0.342 e. The van der Waals surface area contributed by atoms with Gasteiger partial charge in [-0.3, -0.25) is 4.79 Å². The van der Waals surface area contributed by atoms with Crippen LogP contribution in [0, 0.1) is 0 Å². The highest BCUT2D eigenvalue weighted by Crippen LogP contribution is 2.36. The molecular weight excluding hydrogens is 246 g/mol. The average molecular weight is 269 g/mol. The fourth-order valence-corrected chi connectivity index (χ4v) is 3.23. The van der Waals surface area contributed by atoms with Crippen LogP contribution in [0.5, 0.6) is 0 Å². The van der Waals surface area contributed by atoms with Crippen molar-refractivity contribution in [1.82, 2.24) is 4.90 Å². The molecule has 1 aliphatic heterocycles. The summed E-state index contributed by atoms with van der Waals surface area (Å²) in [5.74, 6) is 0.352. The normalized spacial score (nSPS) is 19.9. The molecule has 0 unspecified atom stereocenters. The molecule has 2 fully saturated rings. The summed E-state index contributed by atoms with van der Waals surface area (Å²) < 4.78 is 0. The van der Waals surface area contributed by atoms with E-state index < -0.39 is 0 Å². The number of likely N-dealkylation sites (tertiary alicyclic amines) is 1. The Morgan fingerprint density at radius 3 is 2.20 bits per heavy atom. The second-order valence-electron chi connectivity index (χ2n) is 5.90. The number of hydrogen-bond acceptors (Lipinski definition) is 1.